The van der Waals surface area contributed by atoms with Gasteiger partial charge < -0.3 is 4.74 Å². The van der Waals surface area contributed by atoms with Gasteiger partial charge in [-0.1, -0.05) is 6.07 Å². The molecule has 0 N–H and O–H groups in total. The van der Waals surface area contributed by atoms with Gasteiger partial charge in [0.15, 0.2) is 0 Å². The monoisotopic (exact) mass is 449 g/mol. The Morgan fingerprint density at radius 2 is 1.58 bits per heavy atom. The third kappa shape index (κ3) is 4.63. The Hall–Kier alpha value is -1.97. The van der Waals surface area contributed by atoms with E-state index in [1.165, 1.54) is 11.2 Å². The molecule has 4 rings (SSSR count). The van der Waals surface area contributed by atoms with E-state index in [0.29, 0.717) is 36.4 Å². The lowest BCUT2D eigenvalue weighted by Crippen LogP contribution is -2.47. The molecule has 8 nitrogen and oxygen atoms in total. The topological polar surface area (TPSA) is 87.2 Å². The van der Waals surface area contributed by atoms with E-state index in [0.717, 1.165) is 38.8 Å². The predicted octanol–water partition coefficient (Wildman–Crippen LogP) is 1.71. The van der Waals surface area contributed by atoms with Crippen LogP contribution < -0.4 is 9.64 Å². The largest absolute Gasteiger partial charge is 0.497 e. The second-order valence-corrected chi connectivity index (χ2v) is 10.8. The zero-order chi connectivity index (χ0) is 22.2. The molecule has 1 atom stereocenters. The highest BCUT2D eigenvalue weighted by atomic mass is 32.2. The number of nitrogens with zero attached hydrogens (tertiary/aromatic N) is 3. The third-order valence-electron chi connectivity index (χ3n) is 7.08. The number of likely N-dealkylation sites (tertiary alicyclic amines) is 1. The zero-order valence-electron chi connectivity index (χ0n) is 18.2. The number of methoxy groups -OCH3 is 1. The molecule has 1 aromatic carbocycles. The minimum Gasteiger partial charge on any atom is -0.497 e. The van der Waals surface area contributed by atoms with Crippen LogP contribution in [-0.2, 0) is 19.6 Å². The van der Waals surface area contributed by atoms with Crippen molar-refractivity contribution in [3.63, 3.8) is 0 Å². The summed E-state index contributed by atoms with van der Waals surface area (Å²) in [5.74, 6) is 1.38. The van der Waals surface area contributed by atoms with Gasteiger partial charge in [-0.3, -0.25) is 14.5 Å². The summed E-state index contributed by atoms with van der Waals surface area (Å²) in [6.07, 6.45) is 5.28. The van der Waals surface area contributed by atoms with Crippen LogP contribution in [0.5, 0.6) is 5.75 Å². The fraction of sp³-hybridized carbons (Fsp3) is 0.636. The van der Waals surface area contributed by atoms with Crippen LogP contribution in [0.4, 0.5) is 5.69 Å². The Balaban J connectivity index is 1.34. The molecule has 9 heteroatoms. The van der Waals surface area contributed by atoms with E-state index in [2.05, 4.69) is 4.90 Å². The fourth-order valence-electron chi connectivity index (χ4n) is 5.30. The maximum atomic E-state index is 13.1. The summed E-state index contributed by atoms with van der Waals surface area (Å²) in [5, 5.41) is 0. The van der Waals surface area contributed by atoms with Gasteiger partial charge in [-0.05, 0) is 62.7 Å². The van der Waals surface area contributed by atoms with E-state index in [4.69, 9.17) is 4.74 Å². The molecule has 0 spiro atoms. The molecular formula is C22H31N3O5S. The quantitative estimate of drug-likeness (QED) is 0.636. The second kappa shape index (κ2) is 8.88. The van der Waals surface area contributed by atoms with Crippen LogP contribution in [0.3, 0.4) is 0 Å². The Bertz CT molecular complexity index is 934. The first-order chi connectivity index (χ1) is 14.8. The van der Waals surface area contributed by atoms with Crippen LogP contribution in [0.2, 0.25) is 0 Å². The Kier molecular flexibility index (Phi) is 6.37. The molecule has 3 saturated heterocycles. The second-order valence-electron chi connectivity index (χ2n) is 8.86. The van der Waals surface area contributed by atoms with Gasteiger partial charge in [0, 0.05) is 19.2 Å². The molecule has 3 aliphatic heterocycles. The van der Waals surface area contributed by atoms with Crippen LogP contribution in [0.15, 0.2) is 24.3 Å². The summed E-state index contributed by atoms with van der Waals surface area (Å²) in [5.41, 5.74) is 0.560. The highest BCUT2D eigenvalue weighted by Gasteiger charge is 2.44. The SMILES string of the molecule is COc1cccc(N2C(=O)C[C@@H](N3CCC(C4CCN(S(C)(=O)=O)CC4)CC3)C2=O)c1. The fourth-order valence-corrected chi connectivity index (χ4v) is 6.18. The van der Waals surface area contributed by atoms with Crippen molar-refractivity contribution in [2.24, 2.45) is 11.8 Å². The number of benzene rings is 1. The first-order valence-electron chi connectivity index (χ1n) is 11.0. The number of hydrogen-bond donors (Lipinski definition) is 0. The van der Waals surface area contributed by atoms with Gasteiger partial charge in [0.2, 0.25) is 15.9 Å². The molecule has 0 saturated carbocycles. The van der Waals surface area contributed by atoms with E-state index in [9.17, 15) is 18.0 Å². The molecule has 0 aromatic heterocycles. The summed E-state index contributed by atoms with van der Waals surface area (Å²) in [4.78, 5) is 29.2. The molecule has 0 aliphatic carbocycles. The maximum absolute atomic E-state index is 13.1. The van der Waals surface area contributed by atoms with E-state index >= 15 is 0 Å². The maximum Gasteiger partial charge on any atom is 0.251 e. The van der Waals surface area contributed by atoms with Crippen molar-refractivity contribution in [1.29, 1.82) is 0 Å². The van der Waals surface area contributed by atoms with Crippen molar-refractivity contribution in [3.05, 3.63) is 24.3 Å². The average molecular weight is 450 g/mol. The zero-order valence-corrected chi connectivity index (χ0v) is 19.0. The van der Waals surface area contributed by atoms with Crippen molar-refractivity contribution >= 4 is 27.5 Å². The van der Waals surface area contributed by atoms with Gasteiger partial charge in [0.25, 0.3) is 5.91 Å². The van der Waals surface area contributed by atoms with Gasteiger partial charge in [-0.2, -0.15) is 0 Å². The molecule has 31 heavy (non-hydrogen) atoms. The summed E-state index contributed by atoms with van der Waals surface area (Å²) < 4.78 is 30.3. The number of anilines is 1. The Labute approximate surface area is 184 Å². The molecule has 0 unspecified atom stereocenters. The van der Waals surface area contributed by atoms with Crippen LogP contribution >= 0.6 is 0 Å². The number of imide groups is 1. The summed E-state index contributed by atoms with van der Waals surface area (Å²) in [7, 11) is -1.54. The first-order valence-corrected chi connectivity index (χ1v) is 12.8. The van der Waals surface area contributed by atoms with E-state index in [1.807, 2.05) is 0 Å². The lowest BCUT2D eigenvalue weighted by atomic mass is 9.79. The molecule has 0 radical (unpaired) electrons. The Morgan fingerprint density at radius 1 is 0.968 bits per heavy atom. The van der Waals surface area contributed by atoms with Crippen molar-refractivity contribution in [3.8, 4) is 5.75 Å². The van der Waals surface area contributed by atoms with Gasteiger partial charge in [0.1, 0.15) is 5.75 Å². The number of rotatable bonds is 5. The molecule has 2 amide bonds. The van der Waals surface area contributed by atoms with E-state index in [-0.39, 0.29) is 18.2 Å². The normalized spacial score (nSPS) is 25.4. The molecule has 0 bridgehead atoms. The minimum atomic E-state index is -3.10. The number of hydrogen-bond acceptors (Lipinski definition) is 6. The van der Waals surface area contributed by atoms with Crippen LogP contribution in [-0.4, -0.2) is 75.0 Å². The molecule has 170 valence electrons. The molecule has 3 heterocycles. The molecule has 3 aliphatic rings. The number of amides is 2. The van der Waals surface area contributed by atoms with E-state index in [1.54, 1.807) is 35.7 Å². The standard InChI is InChI=1S/C22H31N3O5S/c1-30-19-5-3-4-18(14-19)25-21(26)15-20(22(25)27)23-10-6-16(7-11-23)17-8-12-24(13-9-17)31(2,28)29/h3-5,14,16-17,20H,6-13,15H2,1-2H3/t20-/m1/s1. The van der Waals surface area contributed by atoms with Crippen molar-refractivity contribution in [2.45, 2.75) is 38.1 Å². The lowest BCUT2D eigenvalue weighted by molar-refractivity contribution is -0.123. The van der Waals surface area contributed by atoms with Crippen LogP contribution in [0, 0.1) is 11.8 Å². The number of carbonyl (C=O) groups is 2. The first kappa shape index (κ1) is 22.2. The Morgan fingerprint density at radius 3 is 2.16 bits per heavy atom. The highest BCUT2D eigenvalue weighted by molar-refractivity contribution is 7.88. The minimum absolute atomic E-state index is 0.154. The van der Waals surface area contributed by atoms with E-state index < -0.39 is 16.1 Å². The average Bonchev–Trinajstić information content (AvgIpc) is 3.07. The number of piperidine rings is 2. The van der Waals surface area contributed by atoms with Gasteiger partial charge >= 0.3 is 0 Å². The van der Waals surface area contributed by atoms with Crippen molar-refractivity contribution in [1.82, 2.24) is 9.21 Å². The third-order valence-corrected chi connectivity index (χ3v) is 8.39. The lowest BCUT2D eigenvalue weighted by Gasteiger charge is -2.40. The van der Waals surface area contributed by atoms with Crippen LogP contribution in [0.25, 0.3) is 0 Å². The number of sulfonamides is 1. The summed E-state index contributed by atoms with van der Waals surface area (Å²) in [6, 6.07) is 6.65. The van der Waals surface area contributed by atoms with Gasteiger partial charge in [-0.15, -0.1) is 0 Å². The van der Waals surface area contributed by atoms with Crippen molar-refractivity contribution < 1.29 is 22.7 Å². The molecule has 1 aromatic rings. The smallest absolute Gasteiger partial charge is 0.251 e. The molecular weight excluding hydrogens is 418 g/mol. The summed E-state index contributed by atoms with van der Waals surface area (Å²) >= 11 is 0. The predicted molar refractivity (Wildman–Crippen MR) is 117 cm³/mol. The number of ether oxygens (including phenoxy) is 1. The highest BCUT2D eigenvalue weighted by Crippen LogP contribution is 2.35. The van der Waals surface area contributed by atoms with Crippen molar-refractivity contribution in [2.75, 3.05) is 44.4 Å². The summed E-state index contributed by atoms with van der Waals surface area (Å²) in [6.45, 7) is 2.81. The number of carbonyl (C=O) groups excluding carboxylic acids is 2. The van der Waals surface area contributed by atoms with Gasteiger partial charge in [0.05, 0.1) is 31.5 Å². The van der Waals surface area contributed by atoms with Crippen LogP contribution in [0.1, 0.15) is 32.1 Å². The van der Waals surface area contributed by atoms with Gasteiger partial charge in [-0.25, -0.2) is 17.6 Å². The molecule has 3 fully saturated rings.